The van der Waals surface area contributed by atoms with Crippen LogP contribution in [0.5, 0.6) is 0 Å². The first kappa shape index (κ1) is 29.9. The van der Waals surface area contributed by atoms with Gasteiger partial charge in [0.25, 0.3) is 16.0 Å². The second kappa shape index (κ2) is 13.4. The molecule has 38 heavy (non-hydrogen) atoms. The van der Waals surface area contributed by atoms with Crippen LogP contribution in [0.1, 0.15) is 74.7 Å². The lowest BCUT2D eigenvalue weighted by Crippen LogP contribution is -2.42. The van der Waals surface area contributed by atoms with Gasteiger partial charge in [-0.2, -0.15) is 8.42 Å². The molecule has 9 nitrogen and oxygen atoms in total. The number of hydrogen-bond donors (Lipinski definition) is 4. The number of amides is 2. The topological polar surface area (TPSA) is 128 Å². The molecule has 210 valence electrons. The predicted octanol–water partition coefficient (Wildman–Crippen LogP) is 3.29. The van der Waals surface area contributed by atoms with Gasteiger partial charge < -0.3 is 20.9 Å². The summed E-state index contributed by atoms with van der Waals surface area (Å²) in [4.78, 5) is 27.0. The lowest BCUT2D eigenvalue weighted by Gasteiger charge is -2.26. The maximum Gasteiger partial charge on any atom is 0.264 e. The normalized spacial score (nSPS) is 18.3. The van der Waals surface area contributed by atoms with Crippen LogP contribution >= 0.6 is 0 Å². The van der Waals surface area contributed by atoms with Gasteiger partial charge in [-0.1, -0.05) is 32.9 Å². The Morgan fingerprint density at radius 2 is 1.92 bits per heavy atom. The molecule has 1 aromatic rings. The Kier molecular flexibility index (Phi) is 10.5. The average molecular weight is 547 g/mol. The van der Waals surface area contributed by atoms with E-state index in [4.69, 9.17) is 4.55 Å². The van der Waals surface area contributed by atoms with Gasteiger partial charge in [0.15, 0.2) is 0 Å². The number of allylic oxidation sites excluding steroid dienone is 3. The predicted molar refractivity (Wildman–Crippen MR) is 151 cm³/mol. The molecular formula is C28H42N4O5S. The fraction of sp³-hybridized carbons (Fsp3) is 0.571. The fourth-order valence-electron chi connectivity index (χ4n) is 5.23. The monoisotopic (exact) mass is 546 g/mol. The number of rotatable bonds is 13. The lowest BCUT2D eigenvalue weighted by molar-refractivity contribution is -0.122. The molecule has 2 aliphatic rings. The van der Waals surface area contributed by atoms with E-state index in [1.807, 2.05) is 23.1 Å². The number of benzene rings is 1. The molecule has 2 aliphatic heterocycles. The second-order valence-electron chi connectivity index (χ2n) is 10.6. The second-order valence-corrected chi connectivity index (χ2v) is 12.2. The zero-order valence-electron chi connectivity index (χ0n) is 22.6. The van der Waals surface area contributed by atoms with Crippen molar-refractivity contribution in [2.45, 2.75) is 70.3 Å². The Labute approximate surface area is 226 Å². The van der Waals surface area contributed by atoms with Crippen LogP contribution in [0.15, 0.2) is 42.6 Å². The maximum atomic E-state index is 12.9. The lowest BCUT2D eigenvalue weighted by atomic mass is 9.83. The summed E-state index contributed by atoms with van der Waals surface area (Å²) in [7, 11) is -4.04. The SMILES string of the molecule is C=C/C=C1/N(CCCS(=O)(=O)O)c2ccc(C(=O)NCCCCCC(=O)NC3CCNCC3)cc2C1(C)C. The van der Waals surface area contributed by atoms with Crippen LogP contribution in [-0.2, 0) is 20.3 Å². The van der Waals surface area contributed by atoms with Gasteiger partial charge in [0.1, 0.15) is 0 Å². The Bertz CT molecular complexity index is 1140. The molecule has 10 heteroatoms. The van der Waals surface area contributed by atoms with E-state index in [0.29, 0.717) is 25.1 Å². The van der Waals surface area contributed by atoms with Crippen molar-refractivity contribution < 1.29 is 22.6 Å². The summed E-state index contributed by atoms with van der Waals surface area (Å²) in [6, 6.07) is 5.86. The van der Waals surface area contributed by atoms with Gasteiger partial charge in [0.05, 0.1) is 5.75 Å². The zero-order valence-corrected chi connectivity index (χ0v) is 23.4. The molecule has 0 aliphatic carbocycles. The Morgan fingerprint density at radius 3 is 2.61 bits per heavy atom. The molecule has 0 saturated carbocycles. The average Bonchev–Trinajstić information content (AvgIpc) is 3.07. The summed E-state index contributed by atoms with van der Waals surface area (Å²) in [6.07, 6.45) is 8.81. The van der Waals surface area contributed by atoms with E-state index in [0.717, 1.165) is 62.1 Å². The van der Waals surface area contributed by atoms with Gasteiger partial charge in [-0.15, -0.1) is 0 Å². The van der Waals surface area contributed by atoms with Crippen LogP contribution in [0.3, 0.4) is 0 Å². The summed E-state index contributed by atoms with van der Waals surface area (Å²) >= 11 is 0. The van der Waals surface area contributed by atoms with Gasteiger partial charge in [-0.05, 0) is 75.0 Å². The molecule has 0 aromatic heterocycles. The molecule has 4 N–H and O–H groups in total. The van der Waals surface area contributed by atoms with Crippen LogP contribution in [0.4, 0.5) is 5.69 Å². The van der Waals surface area contributed by atoms with Crippen LogP contribution in [0.2, 0.25) is 0 Å². The Balaban J connectivity index is 1.51. The molecule has 3 rings (SSSR count). The summed E-state index contributed by atoms with van der Waals surface area (Å²) in [5.41, 5.74) is 3.00. The first-order valence-electron chi connectivity index (χ1n) is 13.5. The number of nitrogens with zero attached hydrogens (tertiary/aromatic N) is 1. The van der Waals surface area contributed by atoms with E-state index in [9.17, 15) is 18.0 Å². The third-order valence-corrected chi connectivity index (χ3v) is 8.09. The number of fused-ring (bicyclic) bond motifs is 1. The summed E-state index contributed by atoms with van der Waals surface area (Å²) in [5.74, 6) is -0.353. The van der Waals surface area contributed by atoms with Crippen molar-refractivity contribution in [3.05, 3.63) is 53.8 Å². The molecule has 1 fully saturated rings. The van der Waals surface area contributed by atoms with E-state index in [2.05, 4.69) is 36.4 Å². The van der Waals surface area contributed by atoms with Crippen LogP contribution in [-0.4, -0.2) is 62.8 Å². The van der Waals surface area contributed by atoms with Crippen molar-refractivity contribution in [3.63, 3.8) is 0 Å². The van der Waals surface area contributed by atoms with E-state index >= 15 is 0 Å². The van der Waals surface area contributed by atoms with Gasteiger partial charge in [0.2, 0.25) is 5.91 Å². The molecule has 1 aromatic carbocycles. The molecule has 2 amide bonds. The van der Waals surface area contributed by atoms with Crippen molar-refractivity contribution in [1.29, 1.82) is 0 Å². The van der Waals surface area contributed by atoms with Crippen molar-refractivity contribution in [2.75, 3.05) is 36.8 Å². The minimum Gasteiger partial charge on any atom is -0.353 e. The third kappa shape index (κ3) is 8.15. The first-order chi connectivity index (χ1) is 18.0. The molecular weight excluding hydrogens is 504 g/mol. The van der Waals surface area contributed by atoms with Crippen LogP contribution in [0, 0.1) is 0 Å². The number of piperidine rings is 1. The zero-order chi connectivity index (χ0) is 27.8. The minimum absolute atomic E-state index is 0.110. The largest absolute Gasteiger partial charge is 0.353 e. The Hall–Kier alpha value is -2.69. The number of unbranched alkanes of at least 4 members (excludes halogenated alkanes) is 2. The van der Waals surface area contributed by atoms with Crippen molar-refractivity contribution in [2.24, 2.45) is 0 Å². The van der Waals surface area contributed by atoms with E-state index in [1.165, 1.54) is 0 Å². The number of carbonyl (C=O) groups excluding carboxylic acids is 2. The highest BCUT2D eigenvalue weighted by molar-refractivity contribution is 7.85. The number of hydrogen-bond acceptors (Lipinski definition) is 6. The van der Waals surface area contributed by atoms with Crippen molar-refractivity contribution in [3.8, 4) is 0 Å². The summed E-state index contributed by atoms with van der Waals surface area (Å²) in [5, 5.41) is 9.39. The standard InChI is InChI=1S/C28H42N4O5S/c1-4-9-25-28(2,3)23-20-21(11-12-24(23)32(25)18-8-19-38(35,36)37)27(34)30-15-7-5-6-10-26(33)31-22-13-16-29-17-14-22/h4,9,11-12,20,22,29H,1,5-8,10,13-19H2,2-3H3,(H,30,34)(H,31,33)(H,35,36,37)/b25-9+. The van der Waals surface area contributed by atoms with Gasteiger partial charge >= 0.3 is 0 Å². The molecule has 0 radical (unpaired) electrons. The highest BCUT2D eigenvalue weighted by atomic mass is 32.2. The number of nitrogens with one attached hydrogen (secondary N) is 3. The Morgan fingerprint density at radius 1 is 1.18 bits per heavy atom. The molecule has 1 saturated heterocycles. The van der Waals surface area contributed by atoms with Crippen LogP contribution < -0.4 is 20.9 Å². The molecule has 0 unspecified atom stereocenters. The summed E-state index contributed by atoms with van der Waals surface area (Å²) in [6.45, 7) is 10.8. The maximum absolute atomic E-state index is 12.9. The smallest absolute Gasteiger partial charge is 0.264 e. The summed E-state index contributed by atoms with van der Waals surface area (Å²) < 4.78 is 31.5. The molecule has 2 heterocycles. The quantitative estimate of drug-likeness (QED) is 0.221. The first-order valence-corrected chi connectivity index (χ1v) is 15.1. The van der Waals surface area contributed by atoms with Crippen molar-refractivity contribution in [1.82, 2.24) is 16.0 Å². The molecule has 0 bridgehead atoms. The van der Waals surface area contributed by atoms with E-state index in [-0.39, 0.29) is 30.0 Å². The molecule has 0 atom stereocenters. The van der Waals surface area contributed by atoms with E-state index in [1.54, 1.807) is 12.1 Å². The van der Waals surface area contributed by atoms with Gasteiger partial charge in [-0.3, -0.25) is 14.1 Å². The van der Waals surface area contributed by atoms with Crippen molar-refractivity contribution >= 4 is 27.6 Å². The number of carbonyl (C=O) groups is 2. The van der Waals surface area contributed by atoms with Gasteiger partial charge in [-0.25, -0.2) is 0 Å². The number of anilines is 1. The highest BCUT2D eigenvalue weighted by Gasteiger charge is 2.40. The van der Waals surface area contributed by atoms with Crippen LogP contribution in [0.25, 0.3) is 0 Å². The van der Waals surface area contributed by atoms with Gasteiger partial charge in [0, 0.05) is 47.9 Å². The molecule has 0 spiro atoms. The third-order valence-electron chi connectivity index (χ3n) is 7.28. The minimum atomic E-state index is -4.04. The fourth-order valence-corrected chi connectivity index (χ4v) is 5.73. The highest BCUT2D eigenvalue weighted by Crippen LogP contribution is 2.48. The van der Waals surface area contributed by atoms with E-state index < -0.39 is 15.5 Å².